The highest BCUT2D eigenvalue weighted by Crippen LogP contribution is 2.25. The van der Waals surface area contributed by atoms with E-state index in [1.807, 2.05) is 20.8 Å². The molecular formula is C30H39IO4S. The van der Waals surface area contributed by atoms with Crippen LogP contribution < -0.4 is 25.4 Å². The summed E-state index contributed by atoms with van der Waals surface area (Å²) in [7, 11) is -4.68. The molecule has 0 radical (unpaired) electrons. The van der Waals surface area contributed by atoms with Crippen LogP contribution in [-0.2, 0) is 26.6 Å². The Bertz CT molecular complexity index is 1150. The van der Waals surface area contributed by atoms with Crippen LogP contribution in [0.4, 0.5) is 0 Å². The van der Waals surface area contributed by atoms with E-state index in [9.17, 15) is 13.0 Å². The quantitative estimate of drug-likeness (QED) is 0.248. The Labute approximate surface area is 228 Å². The van der Waals surface area contributed by atoms with Gasteiger partial charge in [-0.3, -0.25) is 0 Å². The summed E-state index contributed by atoms with van der Waals surface area (Å²) < 4.78 is 38.1. The van der Waals surface area contributed by atoms with Crippen molar-refractivity contribution < 1.29 is 38.4 Å². The Balaban J connectivity index is 0.000000269. The fourth-order valence-corrected chi connectivity index (χ4v) is 5.78. The summed E-state index contributed by atoms with van der Waals surface area (Å²) in [6.45, 7) is 19.7. The second kappa shape index (κ2) is 11.7. The average Bonchev–Trinajstić information content (AvgIpc) is 2.72. The molecule has 0 bridgehead atoms. The average molecular weight is 623 g/mol. The van der Waals surface area contributed by atoms with E-state index in [0.717, 1.165) is 5.56 Å². The van der Waals surface area contributed by atoms with Gasteiger partial charge in [0.1, 0.15) is 5.75 Å². The highest BCUT2D eigenvalue weighted by Gasteiger charge is 2.20. The van der Waals surface area contributed by atoms with Gasteiger partial charge in [-0.2, -0.15) is 0 Å². The highest BCUT2D eigenvalue weighted by atomic mass is 127. The van der Waals surface area contributed by atoms with Crippen LogP contribution in [0.3, 0.4) is 0 Å². The summed E-state index contributed by atoms with van der Waals surface area (Å²) >= 11 is -0.0703. The zero-order chi connectivity index (χ0) is 27.4. The third-order valence-corrected chi connectivity index (χ3v) is 8.64. The largest absolute Gasteiger partial charge is 0.716 e. The van der Waals surface area contributed by atoms with E-state index < -0.39 is 10.4 Å². The summed E-state index contributed by atoms with van der Waals surface area (Å²) in [4.78, 5) is 0. The van der Waals surface area contributed by atoms with Crippen LogP contribution >= 0.6 is 0 Å². The molecule has 0 aromatic heterocycles. The molecule has 3 aromatic carbocycles. The molecule has 0 unspecified atom stereocenters. The van der Waals surface area contributed by atoms with Gasteiger partial charge in [-0.1, -0.05) is 98.7 Å². The Morgan fingerprint density at radius 3 is 1.08 bits per heavy atom. The third kappa shape index (κ3) is 10.2. The first-order chi connectivity index (χ1) is 16.3. The number of rotatable bonds is 4. The maximum atomic E-state index is 10.3. The molecule has 0 saturated carbocycles. The molecule has 3 rings (SSSR count). The zero-order valence-electron chi connectivity index (χ0n) is 22.8. The van der Waals surface area contributed by atoms with Crippen LogP contribution in [0.1, 0.15) is 79.0 Å². The third-order valence-electron chi connectivity index (χ3n) is 5.56. The minimum atomic E-state index is -4.68. The molecule has 0 saturated heterocycles. The van der Waals surface area contributed by atoms with Gasteiger partial charge in [-0.25, -0.2) is 8.42 Å². The zero-order valence-corrected chi connectivity index (χ0v) is 25.8. The van der Waals surface area contributed by atoms with Crippen LogP contribution in [0.2, 0.25) is 0 Å². The van der Waals surface area contributed by atoms with Crippen molar-refractivity contribution in [2.45, 2.75) is 78.6 Å². The maximum absolute atomic E-state index is 10.3. The summed E-state index contributed by atoms with van der Waals surface area (Å²) in [5, 5.41) is 0. The molecule has 0 spiro atoms. The second-order valence-electron chi connectivity index (χ2n) is 11.9. The molecule has 6 heteroatoms. The van der Waals surface area contributed by atoms with E-state index >= 15 is 0 Å². The van der Waals surface area contributed by atoms with Crippen molar-refractivity contribution in [2.24, 2.45) is 0 Å². The molecule has 0 aliphatic heterocycles. The van der Waals surface area contributed by atoms with Gasteiger partial charge in [0.2, 0.25) is 0 Å². The topological polar surface area (TPSA) is 66.4 Å². The van der Waals surface area contributed by atoms with Gasteiger partial charge in [-0.15, -0.1) is 0 Å². The molecule has 0 aliphatic rings. The first-order valence-electron chi connectivity index (χ1n) is 12.0. The Kier molecular flexibility index (Phi) is 9.82. The van der Waals surface area contributed by atoms with Gasteiger partial charge in [0.25, 0.3) is 10.4 Å². The lowest BCUT2D eigenvalue weighted by Gasteiger charge is -2.19. The molecule has 0 amide bonds. The van der Waals surface area contributed by atoms with Gasteiger partial charge >= 0.3 is 21.2 Å². The Morgan fingerprint density at radius 2 is 0.833 bits per heavy atom. The molecule has 36 heavy (non-hydrogen) atoms. The van der Waals surface area contributed by atoms with E-state index in [1.54, 1.807) is 12.1 Å². The standard InChI is InChI=1S/C20H26I.C10H14O4S/c1-19(2,3)15-7-11-17(12-8-15)21-18-13-9-16(10-14-18)20(4,5)6;1-10(2,3)8-4-6-9(7-5-8)14-15(11,12)13/h7-14H,1-6H3;4-7H,1-3H3,(H,11,12,13)/q+1;/p-1. The lowest BCUT2D eigenvalue weighted by atomic mass is 9.87. The van der Waals surface area contributed by atoms with Crippen molar-refractivity contribution in [3.63, 3.8) is 0 Å². The lowest BCUT2D eigenvalue weighted by molar-refractivity contribution is -0.597. The molecule has 0 aliphatic carbocycles. The summed E-state index contributed by atoms with van der Waals surface area (Å²) in [6, 6.07) is 24.8. The van der Waals surface area contributed by atoms with Gasteiger partial charge in [0.05, 0.1) is 0 Å². The second-order valence-corrected chi connectivity index (χ2v) is 15.9. The normalized spacial score (nSPS) is 12.5. The number of halogens is 1. The van der Waals surface area contributed by atoms with Crippen LogP contribution in [0.15, 0.2) is 72.8 Å². The predicted molar refractivity (Wildman–Crippen MR) is 143 cm³/mol. The SMILES string of the molecule is CC(C)(C)c1ccc(OS(=O)(=O)[O-])cc1.CC(C)(C)c1ccc([I+]c2ccc(C(C)(C)C)cc2)cc1. The molecular weight excluding hydrogens is 583 g/mol. The van der Waals surface area contributed by atoms with Crippen LogP contribution in [0.5, 0.6) is 5.75 Å². The van der Waals surface area contributed by atoms with E-state index in [1.165, 1.54) is 30.4 Å². The molecule has 0 heterocycles. The van der Waals surface area contributed by atoms with E-state index in [2.05, 4.69) is 94.3 Å². The predicted octanol–water partition coefficient (Wildman–Crippen LogP) is 4.23. The maximum Gasteiger partial charge on any atom is 0.357 e. The van der Waals surface area contributed by atoms with E-state index in [-0.39, 0.29) is 43.2 Å². The van der Waals surface area contributed by atoms with Gasteiger partial charge in [-0.05, 0) is 69.3 Å². The molecule has 4 nitrogen and oxygen atoms in total. The fraction of sp³-hybridized carbons (Fsp3) is 0.400. The van der Waals surface area contributed by atoms with Crippen molar-refractivity contribution in [3.8, 4) is 5.75 Å². The number of hydrogen-bond donors (Lipinski definition) is 0. The van der Waals surface area contributed by atoms with Gasteiger partial charge in [0, 0.05) is 0 Å². The van der Waals surface area contributed by atoms with Crippen molar-refractivity contribution in [1.82, 2.24) is 0 Å². The minimum absolute atomic E-state index is 0.0190. The molecule has 3 aromatic rings. The molecule has 0 fully saturated rings. The van der Waals surface area contributed by atoms with Gasteiger partial charge < -0.3 is 8.74 Å². The van der Waals surface area contributed by atoms with Gasteiger partial charge in [0.15, 0.2) is 7.14 Å². The Morgan fingerprint density at radius 1 is 0.556 bits per heavy atom. The smallest absolute Gasteiger partial charge is 0.357 e. The van der Waals surface area contributed by atoms with E-state index in [0.29, 0.717) is 0 Å². The summed E-state index contributed by atoms with van der Waals surface area (Å²) in [6.07, 6.45) is 0. The van der Waals surface area contributed by atoms with Crippen molar-refractivity contribution in [1.29, 1.82) is 0 Å². The van der Waals surface area contributed by atoms with Crippen LogP contribution in [0.25, 0.3) is 0 Å². The molecule has 0 atom stereocenters. The first-order valence-corrected chi connectivity index (χ1v) is 15.5. The summed E-state index contributed by atoms with van der Waals surface area (Å²) in [5.74, 6) is 0.0398. The molecule has 0 N–H and O–H groups in total. The van der Waals surface area contributed by atoms with Crippen LogP contribution in [-0.4, -0.2) is 13.0 Å². The van der Waals surface area contributed by atoms with E-state index in [4.69, 9.17) is 0 Å². The van der Waals surface area contributed by atoms with Crippen LogP contribution in [0, 0.1) is 7.14 Å². The van der Waals surface area contributed by atoms with Crippen molar-refractivity contribution in [3.05, 3.63) is 96.6 Å². The van der Waals surface area contributed by atoms with Crippen molar-refractivity contribution in [2.75, 3.05) is 0 Å². The number of hydrogen-bond acceptors (Lipinski definition) is 4. The van der Waals surface area contributed by atoms with Crippen molar-refractivity contribution >= 4 is 10.4 Å². The number of benzene rings is 3. The summed E-state index contributed by atoms with van der Waals surface area (Å²) in [5.41, 5.74) is 4.33. The lowest BCUT2D eigenvalue weighted by Crippen LogP contribution is -3.61. The molecule has 196 valence electrons. The fourth-order valence-electron chi connectivity index (χ4n) is 3.28. The monoisotopic (exact) mass is 622 g/mol. The Hall–Kier alpha value is -1.90. The minimum Gasteiger partial charge on any atom is -0.716 e. The first kappa shape index (κ1) is 30.3. The highest BCUT2D eigenvalue weighted by molar-refractivity contribution is 7.81.